The van der Waals surface area contributed by atoms with Crippen molar-refractivity contribution in [3.8, 4) is 0 Å². The minimum atomic E-state index is -0.127. The number of thiol groups is 1. The number of aromatic nitrogens is 1. The lowest BCUT2D eigenvalue weighted by molar-refractivity contribution is -0.146. The van der Waals surface area contributed by atoms with Gasteiger partial charge in [0, 0.05) is 17.0 Å². The third-order valence-electron chi connectivity index (χ3n) is 3.71. The maximum Gasteiger partial charge on any atom is 0.308 e. The summed E-state index contributed by atoms with van der Waals surface area (Å²) >= 11 is 4.34. The van der Waals surface area contributed by atoms with Crippen molar-refractivity contribution in [3.05, 3.63) is 24.0 Å². The molecule has 1 aliphatic rings. The normalized spacial score (nSPS) is 22.8. The lowest BCUT2D eigenvalue weighted by Crippen LogP contribution is -2.27. The summed E-state index contributed by atoms with van der Waals surface area (Å²) in [5, 5.41) is 8.26. The van der Waals surface area contributed by atoms with Crippen LogP contribution in [0, 0.1) is 17.2 Å². The molecule has 0 aromatic carbocycles. The van der Waals surface area contributed by atoms with Crippen molar-refractivity contribution in [2.45, 2.75) is 30.6 Å². The molecule has 1 heterocycles. The Morgan fingerprint density at radius 1 is 1.37 bits per heavy atom. The minimum Gasteiger partial charge on any atom is -0.469 e. The van der Waals surface area contributed by atoms with Gasteiger partial charge in [0.2, 0.25) is 0 Å². The molecule has 4 nitrogen and oxygen atoms in total. The summed E-state index contributed by atoms with van der Waals surface area (Å²) < 4.78 is 4.77. The fourth-order valence-corrected chi connectivity index (χ4v) is 2.85. The van der Waals surface area contributed by atoms with E-state index in [2.05, 4.69) is 17.6 Å². The van der Waals surface area contributed by atoms with E-state index in [1.54, 1.807) is 6.20 Å². The van der Waals surface area contributed by atoms with Gasteiger partial charge in [-0.2, -0.15) is 0 Å². The number of carbonyl (C=O) groups is 1. The Morgan fingerprint density at radius 2 is 2.00 bits per heavy atom. The topological polar surface area (TPSA) is 63.0 Å². The Labute approximate surface area is 118 Å². The van der Waals surface area contributed by atoms with Crippen LogP contribution in [0.1, 0.15) is 31.4 Å². The predicted molar refractivity (Wildman–Crippen MR) is 75.8 cm³/mol. The monoisotopic (exact) mass is 278 g/mol. The van der Waals surface area contributed by atoms with Gasteiger partial charge in [-0.3, -0.25) is 9.78 Å². The first-order valence-electron chi connectivity index (χ1n) is 6.44. The largest absolute Gasteiger partial charge is 0.469 e. The molecule has 1 aliphatic carbocycles. The molecule has 0 radical (unpaired) electrons. The number of hydrogen-bond donors (Lipinski definition) is 2. The van der Waals surface area contributed by atoms with Crippen molar-refractivity contribution in [2.24, 2.45) is 11.8 Å². The summed E-state index contributed by atoms with van der Waals surface area (Å²) in [6.07, 6.45) is 4.93. The molecule has 0 unspecified atom stereocenters. The van der Waals surface area contributed by atoms with Crippen LogP contribution in [-0.4, -0.2) is 23.8 Å². The number of nitrogens with one attached hydrogen (secondary N) is 1. The number of nitrogens with zero attached hydrogens (tertiary/aromatic N) is 1. The number of ether oxygens (including phenoxy) is 1. The summed E-state index contributed by atoms with van der Waals surface area (Å²) in [6, 6.07) is 3.66. The third kappa shape index (κ3) is 3.15. The van der Waals surface area contributed by atoms with E-state index in [4.69, 9.17) is 10.1 Å². The minimum absolute atomic E-state index is 0.00625. The molecule has 0 spiro atoms. The van der Waals surface area contributed by atoms with Gasteiger partial charge in [0.05, 0.1) is 24.4 Å². The van der Waals surface area contributed by atoms with E-state index in [9.17, 15) is 4.79 Å². The second-order valence-electron chi connectivity index (χ2n) is 4.86. The van der Waals surface area contributed by atoms with Crippen LogP contribution >= 0.6 is 12.6 Å². The average molecular weight is 278 g/mol. The summed E-state index contributed by atoms with van der Waals surface area (Å²) in [5.41, 5.74) is 1.20. The first kappa shape index (κ1) is 14.1. The fraction of sp³-hybridized carbons (Fsp3) is 0.500. The Balaban J connectivity index is 2.00. The molecule has 0 aliphatic heterocycles. The van der Waals surface area contributed by atoms with Gasteiger partial charge in [-0.25, -0.2) is 0 Å². The zero-order valence-corrected chi connectivity index (χ0v) is 11.8. The second kappa shape index (κ2) is 6.19. The van der Waals surface area contributed by atoms with Crippen molar-refractivity contribution in [1.82, 2.24) is 4.98 Å². The number of pyridine rings is 1. The summed E-state index contributed by atoms with van der Waals surface area (Å²) in [7, 11) is 1.43. The Bertz CT molecular complexity index is 482. The van der Waals surface area contributed by atoms with Crippen LogP contribution in [0.25, 0.3) is 0 Å². The Morgan fingerprint density at radius 3 is 2.58 bits per heavy atom. The van der Waals surface area contributed by atoms with Gasteiger partial charge in [0.1, 0.15) is 0 Å². The van der Waals surface area contributed by atoms with Gasteiger partial charge < -0.3 is 10.1 Å². The molecule has 1 N–H and O–H groups in total. The number of hydrogen-bond acceptors (Lipinski definition) is 5. The second-order valence-corrected chi connectivity index (χ2v) is 5.34. The van der Waals surface area contributed by atoms with Crippen molar-refractivity contribution in [3.63, 3.8) is 0 Å². The highest BCUT2D eigenvalue weighted by Crippen LogP contribution is 2.32. The van der Waals surface area contributed by atoms with E-state index >= 15 is 0 Å². The maximum atomic E-state index is 11.5. The van der Waals surface area contributed by atoms with Crippen LogP contribution in [0.15, 0.2) is 23.2 Å². The smallest absolute Gasteiger partial charge is 0.308 e. The molecule has 0 saturated heterocycles. The molecule has 2 rings (SSSR count). The van der Waals surface area contributed by atoms with Crippen LogP contribution in [0.3, 0.4) is 0 Å². The molecule has 1 aromatic heterocycles. The van der Waals surface area contributed by atoms with Crippen molar-refractivity contribution in [1.29, 1.82) is 5.41 Å². The molecular formula is C14H18N2O2S. The third-order valence-corrected chi connectivity index (χ3v) is 4.07. The molecule has 0 atom stereocenters. The van der Waals surface area contributed by atoms with E-state index in [0.29, 0.717) is 11.4 Å². The van der Waals surface area contributed by atoms with Gasteiger partial charge in [-0.15, -0.1) is 12.6 Å². The molecule has 5 heteroatoms. The summed E-state index contributed by atoms with van der Waals surface area (Å²) in [5.74, 6) is 0.0349. The van der Waals surface area contributed by atoms with Crippen LogP contribution < -0.4 is 0 Å². The Hall–Kier alpha value is -1.36. The fourth-order valence-electron chi connectivity index (χ4n) is 2.58. The lowest BCUT2D eigenvalue weighted by atomic mass is 9.79. The van der Waals surface area contributed by atoms with Gasteiger partial charge in [-0.05, 0) is 37.8 Å². The highest BCUT2D eigenvalue weighted by molar-refractivity contribution is 7.80. The number of esters is 1. The van der Waals surface area contributed by atoms with Gasteiger partial charge in [0.25, 0.3) is 0 Å². The van der Waals surface area contributed by atoms with E-state index < -0.39 is 0 Å². The molecule has 1 fully saturated rings. The van der Waals surface area contributed by atoms with Gasteiger partial charge >= 0.3 is 5.97 Å². The first-order chi connectivity index (χ1) is 9.13. The van der Waals surface area contributed by atoms with Gasteiger partial charge in [0.15, 0.2) is 0 Å². The van der Waals surface area contributed by atoms with Crippen LogP contribution in [-0.2, 0) is 9.53 Å². The van der Waals surface area contributed by atoms with Crippen LogP contribution in [0.4, 0.5) is 0 Å². The first-order valence-corrected chi connectivity index (χ1v) is 6.88. The number of rotatable bonds is 3. The SMILES string of the molecule is COC(=O)C1CCC(C(=N)c2ncccc2S)CC1. The Kier molecular flexibility index (Phi) is 4.58. The average Bonchev–Trinajstić information content (AvgIpc) is 2.46. The molecule has 1 saturated carbocycles. The highest BCUT2D eigenvalue weighted by Gasteiger charge is 2.30. The zero-order valence-electron chi connectivity index (χ0n) is 10.9. The standard InChI is InChI=1S/C14H18N2O2S/c1-18-14(17)10-6-4-9(5-7-10)12(15)13-11(19)3-2-8-16-13/h2-3,8-10,15,19H,4-7H2,1H3. The van der Waals surface area contributed by atoms with E-state index in [-0.39, 0.29) is 17.8 Å². The number of carbonyl (C=O) groups excluding carboxylic acids is 1. The van der Waals surface area contributed by atoms with Crippen molar-refractivity contribution < 1.29 is 9.53 Å². The zero-order chi connectivity index (χ0) is 13.8. The summed E-state index contributed by atoms with van der Waals surface area (Å²) in [6.45, 7) is 0. The van der Waals surface area contributed by atoms with Crippen LogP contribution in [0.2, 0.25) is 0 Å². The molecule has 102 valence electrons. The maximum absolute atomic E-state index is 11.5. The molecule has 0 amide bonds. The van der Waals surface area contributed by atoms with E-state index in [1.165, 1.54) is 7.11 Å². The van der Waals surface area contributed by atoms with Crippen molar-refractivity contribution in [2.75, 3.05) is 7.11 Å². The van der Waals surface area contributed by atoms with Gasteiger partial charge in [-0.1, -0.05) is 0 Å². The van der Waals surface area contributed by atoms with Crippen LogP contribution in [0.5, 0.6) is 0 Å². The molecule has 1 aromatic rings. The molecule has 19 heavy (non-hydrogen) atoms. The quantitative estimate of drug-likeness (QED) is 0.507. The van der Waals surface area contributed by atoms with E-state index in [0.717, 1.165) is 30.6 Å². The predicted octanol–water partition coefficient (Wildman–Crippen LogP) is 2.72. The van der Waals surface area contributed by atoms with E-state index in [1.807, 2.05) is 12.1 Å². The summed E-state index contributed by atoms with van der Waals surface area (Å²) in [4.78, 5) is 16.4. The highest BCUT2D eigenvalue weighted by atomic mass is 32.1. The molecule has 0 bridgehead atoms. The van der Waals surface area contributed by atoms with Crippen molar-refractivity contribution >= 4 is 24.3 Å². The molecular weight excluding hydrogens is 260 g/mol. The number of methoxy groups -OCH3 is 1. The lowest BCUT2D eigenvalue weighted by Gasteiger charge is -2.27.